The van der Waals surface area contributed by atoms with Crippen LogP contribution in [0, 0.1) is 41.4 Å². The normalized spacial score (nSPS) is 41.4. The predicted octanol–water partition coefficient (Wildman–Crippen LogP) is 1.87. The molecule has 0 saturated heterocycles. The van der Waals surface area contributed by atoms with Crippen LogP contribution >= 0.6 is 11.8 Å². The fourth-order valence-corrected chi connectivity index (χ4v) is 10.6. The summed E-state index contributed by atoms with van der Waals surface area (Å²) in [7, 11) is -7.56. The molecule has 2 N–H and O–H groups in total. The maximum atomic E-state index is 12.7. The van der Waals surface area contributed by atoms with Gasteiger partial charge in [-0.3, -0.25) is 9.71 Å². The Morgan fingerprint density at radius 1 is 1.17 bits per heavy atom. The molecule has 7 rings (SSSR count). The molecule has 0 amide bonds. The van der Waals surface area contributed by atoms with Crippen LogP contribution in [-0.2, 0) is 20.0 Å². The molecule has 7 nitrogen and oxygen atoms in total. The van der Waals surface area contributed by atoms with Crippen LogP contribution in [0.2, 0.25) is 0 Å². The zero-order chi connectivity index (χ0) is 20.1. The van der Waals surface area contributed by atoms with Gasteiger partial charge in [0.2, 0.25) is 10.0 Å². The molecule has 10 heteroatoms. The Hall–Kier alpha value is -1.10. The number of hydrogen-bond acceptors (Lipinski definition) is 6. The number of nitrogens with zero attached hydrogens (tertiary/aromatic N) is 1. The van der Waals surface area contributed by atoms with E-state index in [2.05, 4.69) is 14.4 Å². The number of amidine groups is 1. The molecule has 6 aliphatic rings. The average molecular weight is 454 g/mol. The Morgan fingerprint density at radius 3 is 2.66 bits per heavy atom. The molecule has 5 fully saturated rings. The molecular weight excluding hydrogens is 430 g/mol. The molecule has 7 unspecified atom stereocenters. The summed E-state index contributed by atoms with van der Waals surface area (Å²) in [5, 5.41) is 0.391. The van der Waals surface area contributed by atoms with Crippen LogP contribution < -0.4 is 9.44 Å². The van der Waals surface area contributed by atoms with Gasteiger partial charge in [0, 0.05) is 18.0 Å². The number of rotatable bonds is 5. The monoisotopic (exact) mass is 453 g/mol. The Balaban J connectivity index is 1.24. The van der Waals surface area contributed by atoms with E-state index < -0.39 is 20.0 Å². The predicted molar refractivity (Wildman–Crippen MR) is 109 cm³/mol. The van der Waals surface area contributed by atoms with E-state index in [1.54, 1.807) is 13.0 Å². The minimum absolute atomic E-state index is 0.0120. The third-order valence-electron chi connectivity index (χ3n) is 7.69. The summed E-state index contributed by atoms with van der Waals surface area (Å²) >= 11 is 1.26. The summed E-state index contributed by atoms with van der Waals surface area (Å²) in [6, 6.07) is 4.22. The molecule has 6 bridgehead atoms. The van der Waals surface area contributed by atoms with Gasteiger partial charge in [-0.25, -0.2) is 21.6 Å². The topological polar surface area (TPSA) is 105 Å². The molecule has 1 aromatic rings. The first-order valence-corrected chi connectivity index (χ1v) is 14.0. The summed E-state index contributed by atoms with van der Waals surface area (Å²) in [5.74, 6) is 6.17. The highest BCUT2D eigenvalue weighted by Gasteiger charge is 2.77. The van der Waals surface area contributed by atoms with Gasteiger partial charge in [-0.1, -0.05) is 18.7 Å². The number of nitrogens with one attached hydrogen (secondary N) is 2. The lowest BCUT2D eigenvalue weighted by Gasteiger charge is -2.22. The SMILES string of the molecule is CCNS(=O)(=O)c1ccc2c(c1)S(=O)(=O)NC(=NCC1CC3C4CC5C3C5C14)S2. The lowest BCUT2D eigenvalue weighted by atomic mass is 9.88. The van der Waals surface area contributed by atoms with Crippen LogP contribution in [0.5, 0.6) is 0 Å². The van der Waals surface area contributed by atoms with E-state index in [1.807, 2.05) is 0 Å². The first-order chi connectivity index (χ1) is 13.8. The van der Waals surface area contributed by atoms with Crippen LogP contribution in [0.1, 0.15) is 19.8 Å². The van der Waals surface area contributed by atoms with Crippen LogP contribution in [0.25, 0.3) is 0 Å². The summed E-state index contributed by atoms with van der Waals surface area (Å²) < 4.78 is 54.8. The first kappa shape index (κ1) is 18.7. The highest BCUT2D eigenvalue weighted by molar-refractivity contribution is 8.16. The van der Waals surface area contributed by atoms with Crippen molar-refractivity contribution in [3.05, 3.63) is 18.2 Å². The van der Waals surface area contributed by atoms with Gasteiger partial charge in [-0.2, -0.15) is 0 Å². The quantitative estimate of drug-likeness (QED) is 0.708. The van der Waals surface area contributed by atoms with E-state index in [-0.39, 0.29) is 16.3 Å². The van der Waals surface area contributed by atoms with Crippen LogP contribution in [-0.4, -0.2) is 35.1 Å². The first-order valence-electron chi connectivity index (χ1n) is 10.2. The van der Waals surface area contributed by atoms with Crippen molar-refractivity contribution in [3.8, 4) is 0 Å². The van der Waals surface area contributed by atoms with Gasteiger partial charge in [-0.05, 0) is 72.5 Å². The minimum Gasteiger partial charge on any atom is -0.261 e. The van der Waals surface area contributed by atoms with Crippen molar-refractivity contribution in [3.63, 3.8) is 0 Å². The molecule has 1 heterocycles. The molecular formula is C19H23N3O4S3. The molecule has 0 aromatic heterocycles. The Bertz CT molecular complexity index is 1150. The van der Waals surface area contributed by atoms with E-state index in [1.165, 1.54) is 36.7 Å². The van der Waals surface area contributed by atoms with Crippen LogP contribution in [0.15, 0.2) is 37.9 Å². The number of thioether (sulfide) groups is 1. The van der Waals surface area contributed by atoms with Crippen molar-refractivity contribution in [2.45, 2.75) is 34.5 Å². The summed E-state index contributed by atoms with van der Waals surface area (Å²) in [4.78, 5) is 5.09. The summed E-state index contributed by atoms with van der Waals surface area (Å²) in [6.45, 7) is 2.60. The molecule has 0 spiro atoms. The van der Waals surface area contributed by atoms with E-state index in [4.69, 9.17) is 0 Å². The molecule has 0 radical (unpaired) electrons. The fourth-order valence-electron chi connectivity index (χ4n) is 6.87. The number of aliphatic imine (C=N–C) groups is 1. The molecule has 1 aliphatic heterocycles. The fraction of sp³-hybridized carbons (Fsp3) is 0.632. The van der Waals surface area contributed by atoms with Gasteiger partial charge in [0.25, 0.3) is 10.0 Å². The third-order valence-corrected chi connectivity index (χ3v) is 11.9. The number of sulfonamides is 2. The van der Waals surface area contributed by atoms with Gasteiger partial charge in [0.1, 0.15) is 4.90 Å². The summed E-state index contributed by atoms with van der Waals surface area (Å²) in [5.41, 5.74) is 0. The van der Waals surface area contributed by atoms with E-state index in [0.717, 1.165) is 35.5 Å². The van der Waals surface area contributed by atoms with E-state index in [0.29, 0.717) is 22.5 Å². The molecule has 5 saturated carbocycles. The van der Waals surface area contributed by atoms with Crippen molar-refractivity contribution in [2.24, 2.45) is 46.4 Å². The molecule has 7 atom stereocenters. The van der Waals surface area contributed by atoms with Crippen molar-refractivity contribution in [1.82, 2.24) is 9.44 Å². The zero-order valence-corrected chi connectivity index (χ0v) is 18.4. The lowest BCUT2D eigenvalue weighted by molar-refractivity contribution is 0.318. The second-order valence-corrected chi connectivity index (χ2v) is 13.4. The number of hydrogen-bond donors (Lipinski definition) is 2. The standard InChI is InChI=1S/C19H23N3O4S3/c1-2-21-28(23,24)10-3-4-14-15(6-10)29(25,26)22-19(27-14)20-8-9-5-11-12-7-13-17(11)18(13)16(9)12/h3-4,6,9,11-13,16-18,21H,2,5,7-8H2,1H3,(H,20,22). The molecule has 156 valence electrons. The second kappa shape index (κ2) is 5.99. The van der Waals surface area contributed by atoms with Crippen LogP contribution in [0.4, 0.5) is 0 Å². The van der Waals surface area contributed by atoms with E-state index >= 15 is 0 Å². The highest BCUT2D eigenvalue weighted by atomic mass is 32.2. The van der Waals surface area contributed by atoms with E-state index in [9.17, 15) is 16.8 Å². The van der Waals surface area contributed by atoms with Crippen molar-refractivity contribution >= 4 is 37.0 Å². The van der Waals surface area contributed by atoms with Crippen molar-refractivity contribution in [2.75, 3.05) is 13.1 Å². The highest BCUT2D eigenvalue weighted by Crippen LogP contribution is 2.82. The minimum atomic E-state index is -3.84. The third kappa shape index (κ3) is 2.61. The average Bonchev–Trinajstić information content (AvgIpc) is 2.98. The maximum Gasteiger partial charge on any atom is 0.264 e. The zero-order valence-electron chi connectivity index (χ0n) is 15.9. The smallest absolute Gasteiger partial charge is 0.261 e. The van der Waals surface area contributed by atoms with Crippen LogP contribution in [0.3, 0.4) is 0 Å². The van der Waals surface area contributed by atoms with Crippen molar-refractivity contribution < 1.29 is 16.8 Å². The largest absolute Gasteiger partial charge is 0.264 e. The Morgan fingerprint density at radius 2 is 1.97 bits per heavy atom. The van der Waals surface area contributed by atoms with Gasteiger partial charge < -0.3 is 0 Å². The molecule has 29 heavy (non-hydrogen) atoms. The summed E-state index contributed by atoms with van der Waals surface area (Å²) in [6.07, 6.45) is 2.67. The Kier molecular flexibility index (Phi) is 3.85. The second-order valence-electron chi connectivity index (χ2n) is 8.92. The number of benzene rings is 1. The van der Waals surface area contributed by atoms with Gasteiger partial charge in [0.15, 0.2) is 5.17 Å². The molecule has 1 aromatic carbocycles. The van der Waals surface area contributed by atoms with Gasteiger partial charge in [0.05, 0.1) is 4.90 Å². The van der Waals surface area contributed by atoms with Gasteiger partial charge >= 0.3 is 0 Å². The number of fused-ring (bicyclic) bond motifs is 1. The maximum absolute atomic E-state index is 12.7. The van der Waals surface area contributed by atoms with Gasteiger partial charge in [-0.15, -0.1) is 0 Å². The lowest BCUT2D eigenvalue weighted by Crippen LogP contribution is -2.33. The Labute approximate surface area is 175 Å². The molecule has 5 aliphatic carbocycles. The van der Waals surface area contributed by atoms with Crippen molar-refractivity contribution in [1.29, 1.82) is 0 Å².